The number of hydrogen-bond acceptors (Lipinski definition) is 4. The first-order chi connectivity index (χ1) is 6.65. The maximum absolute atomic E-state index is 11.1. The molecule has 4 nitrogen and oxygen atoms in total. The summed E-state index contributed by atoms with van der Waals surface area (Å²) in [6, 6.07) is 3.61. The molecule has 1 rings (SSSR count). The van der Waals surface area contributed by atoms with Crippen molar-refractivity contribution in [1.29, 1.82) is 0 Å². The lowest BCUT2D eigenvalue weighted by Gasteiger charge is -2.07. The van der Waals surface area contributed by atoms with Crippen LogP contribution in [0.5, 0.6) is 0 Å². The van der Waals surface area contributed by atoms with E-state index in [0.29, 0.717) is 0 Å². The summed E-state index contributed by atoms with van der Waals surface area (Å²) in [6.07, 6.45) is 0.194. The highest BCUT2D eigenvalue weighted by Gasteiger charge is 2.27. The van der Waals surface area contributed by atoms with Gasteiger partial charge in [0.2, 0.25) is 0 Å². The normalized spacial score (nSPS) is 12.1. The van der Waals surface area contributed by atoms with E-state index in [9.17, 15) is 9.59 Å². The van der Waals surface area contributed by atoms with Crippen molar-refractivity contribution in [3.8, 4) is 0 Å². The van der Waals surface area contributed by atoms with Gasteiger partial charge in [0.1, 0.15) is 0 Å². The van der Waals surface area contributed by atoms with E-state index >= 15 is 0 Å². The minimum absolute atomic E-state index is 0.194. The van der Waals surface area contributed by atoms with Crippen molar-refractivity contribution in [3.05, 3.63) is 22.4 Å². The highest BCUT2D eigenvalue weighted by Crippen LogP contribution is 2.15. The van der Waals surface area contributed by atoms with Crippen molar-refractivity contribution in [1.82, 2.24) is 0 Å². The first kappa shape index (κ1) is 10.7. The number of carbonyl (C=O) groups excluding carboxylic acids is 1. The summed E-state index contributed by atoms with van der Waals surface area (Å²) in [4.78, 5) is 22.7. The van der Waals surface area contributed by atoms with Crippen LogP contribution in [-0.2, 0) is 20.7 Å². The Morgan fingerprint density at radius 2 is 2.36 bits per heavy atom. The molecule has 1 N–H and O–H groups in total. The van der Waals surface area contributed by atoms with E-state index < -0.39 is 17.9 Å². The molecule has 0 aliphatic rings. The van der Waals surface area contributed by atoms with Gasteiger partial charge in [-0.05, 0) is 11.4 Å². The van der Waals surface area contributed by atoms with Gasteiger partial charge < -0.3 is 9.84 Å². The summed E-state index contributed by atoms with van der Waals surface area (Å²) in [5.41, 5.74) is 0. The summed E-state index contributed by atoms with van der Waals surface area (Å²) in [6.45, 7) is 0. The van der Waals surface area contributed by atoms with Crippen molar-refractivity contribution in [2.24, 2.45) is 5.92 Å². The van der Waals surface area contributed by atoms with Gasteiger partial charge in [-0.25, -0.2) is 0 Å². The van der Waals surface area contributed by atoms with Gasteiger partial charge in [-0.3, -0.25) is 9.59 Å². The first-order valence-electron chi connectivity index (χ1n) is 3.98. The van der Waals surface area contributed by atoms with Crippen LogP contribution in [0.3, 0.4) is 0 Å². The van der Waals surface area contributed by atoms with Crippen molar-refractivity contribution in [2.75, 3.05) is 7.11 Å². The van der Waals surface area contributed by atoms with E-state index in [0.717, 1.165) is 4.88 Å². The minimum Gasteiger partial charge on any atom is -0.481 e. The van der Waals surface area contributed by atoms with Gasteiger partial charge >= 0.3 is 11.9 Å². The molecule has 0 saturated carbocycles. The quantitative estimate of drug-likeness (QED) is 0.603. The fraction of sp³-hybridized carbons (Fsp3) is 0.333. The third kappa shape index (κ3) is 2.56. The van der Waals surface area contributed by atoms with Gasteiger partial charge in [0, 0.05) is 11.3 Å². The van der Waals surface area contributed by atoms with Crippen LogP contribution in [0.25, 0.3) is 0 Å². The van der Waals surface area contributed by atoms with Gasteiger partial charge in [-0.2, -0.15) is 0 Å². The van der Waals surface area contributed by atoms with Crippen LogP contribution in [0, 0.1) is 5.92 Å². The maximum atomic E-state index is 11.1. The SMILES string of the molecule is COC(=O)[C@H](Cc1cccs1)C(=O)O. The van der Waals surface area contributed by atoms with E-state index in [1.54, 1.807) is 6.07 Å². The van der Waals surface area contributed by atoms with Crippen molar-refractivity contribution in [3.63, 3.8) is 0 Å². The maximum Gasteiger partial charge on any atom is 0.320 e. The Kier molecular flexibility index (Phi) is 3.64. The topological polar surface area (TPSA) is 63.6 Å². The lowest BCUT2D eigenvalue weighted by Crippen LogP contribution is -2.26. The van der Waals surface area contributed by atoms with Crippen LogP contribution >= 0.6 is 11.3 Å². The van der Waals surface area contributed by atoms with Gasteiger partial charge in [0.05, 0.1) is 7.11 Å². The highest BCUT2D eigenvalue weighted by atomic mass is 32.1. The molecule has 1 aromatic heterocycles. The largest absolute Gasteiger partial charge is 0.481 e. The second-order valence-electron chi connectivity index (χ2n) is 2.70. The predicted octanol–water partition coefficient (Wildman–Crippen LogP) is 1.16. The van der Waals surface area contributed by atoms with E-state index in [-0.39, 0.29) is 6.42 Å². The van der Waals surface area contributed by atoms with Crippen LogP contribution in [0.15, 0.2) is 17.5 Å². The monoisotopic (exact) mass is 214 g/mol. The molecule has 0 spiro atoms. The van der Waals surface area contributed by atoms with Gasteiger partial charge in [-0.1, -0.05) is 6.07 Å². The molecule has 1 atom stereocenters. The minimum atomic E-state index is -1.15. The molecule has 0 bridgehead atoms. The fourth-order valence-electron chi connectivity index (χ4n) is 1.04. The zero-order chi connectivity index (χ0) is 10.6. The molecule has 1 aromatic rings. The number of aliphatic carboxylic acids is 1. The molecule has 0 fully saturated rings. The third-order valence-corrected chi connectivity index (χ3v) is 2.67. The molecule has 1 heterocycles. The molecule has 0 aliphatic carbocycles. The zero-order valence-electron chi connectivity index (χ0n) is 7.60. The zero-order valence-corrected chi connectivity index (χ0v) is 8.41. The Hall–Kier alpha value is -1.36. The average Bonchev–Trinajstić information content (AvgIpc) is 2.65. The lowest BCUT2D eigenvalue weighted by molar-refractivity contribution is -0.156. The molecule has 0 unspecified atom stereocenters. The molecule has 76 valence electrons. The lowest BCUT2D eigenvalue weighted by atomic mass is 10.1. The van der Waals surface area contributed by atoms with Crippen molar-refractivity contribution in [2.45, 2.75) is 6.42 Å². The second kappa shape index (κ2) is 4.76. The van der Waals surface area contributed by atoms with E-state index in [1.807, 2.05) is 11.4 Å². The number of rotatable bonds is 4. The number of methoxy groups -OCH3 is 1. The van der Waals surface area contributed by atoms with Crippen LogP contribution in [0.1, 0.15) is 4.88 Å². The predicted molar refractivity (Wildman–Crippen MR) is 51.2 cm³/mol. The van der Waals surface area contributed by atoms with Crippen LogP contribution in [0.4, 0.5) is 0 Å². The number of carboxylic acid groups (broad SMARTS) is 1. The molecule has 14 heavy (non-hydrogen) atoms. The first-order valence-corrected chi connectivity index (χ1v) is 4.86. The van der Waals surface area contributed by atoms with Crippen LogP contribution in [0.2, 0.25) is 0 Å². The molecule has 0 saturated heterocycles. The summed E-state index contributed by atoms with van der Waals surface area (Å²) in [5, 5.41) is 10.6. The average molecular weight is 214 g/mol. The van der Waals surface area contributed by atoms with E-state index in [1.165, 1.54) is 18.4 Å². The number of thiophene rings is 1. The molecule has 0 aromatic carbocycles. The number of esters is 1. The Morgan fingerprint density at radius 3 is 2.79 bits per heavy atom. The summed E-state index contributed by atoms with van der Waals surface area (Å²) < 4.78 is 4.41. The molecule has 0 radical (unpaired) electrons. The Bertz CT molecular complexity index is 318. The van der Waals surface area contributed by atoms with Gasteiger partial charge in [0.15, 0.2) is 5.92 Å². The van der Waals surface area contributed by atoms with Crippen molar-refractivity contribution < 1.29 is 19.4 Å². The van der Waals surface area contributed by atoms with E-state index in [2.05, 4.69) is 4.74 Å². The molecule has 5 heteroatoms. The second-order valence-corrected chi connectivity index (χ2v) is 3.73. The smallest absolute Gasteiger partial charge is 0.320 e. The van der Waals surface area contributed by atoms with Crippen LogP contribution < -0.4 is 0 Å². The van der Waals surface area contributed by atoms with E-state index in [4.69, 9.17) is 5.11 Å². The summed E-state index contributed by atoms with van der Waals surface area (Å²) >= 11 is 1.43. The fourth-order valence-corrected chi connectivity index (χ4v) is 1.80. The highest BCUT2D eigenvalue weighted by molar-refractivity contribution is 7.09. The Labute approximate surface area is 85.1 Å². The molecular weight excluding hydrogens is 204 g/mol. The van der Waals surface area contributed by atoms with Crippen LogP contribution in [-0.4, -0.2) is 24.2 Å². The van der Waals surface area contributed by atoms with Gasteiger partial charge in [-0.15, -0.1) is 11.3 Å². The Balaban J connectivity index is 2.70. The number of hydrogen-bond donors (Lipinski definition) is 1. The van der Waals surface area contributed by atoms with Gasteiger partial charge in [0.25, 0.3) is 0 Å². The number of carbonyl (C=O) groups is 2. The Morgan fingerprint density at radius 1 is 1.64 bits per heavy atom. The summed E-state index contributed by atoms with van der Waals surface area (Å²) in [5.74, 6) is -2.95. The number of carboxylic acids is 1. The standard InChI is InChI=1S/C9H10O4S/c1-13-9(12)7(8(10)11)5-6-3-2-4-14-6/h2-4,7H,5H2,1H3,(H,10,11)/t7-/m1/s1. The molecule has 0 amide bonds. The number of ether oxygens (including phenoxy) is 1. The third-order valence-electron chi connectivity index (χ3n) is 1.77. The molecule has 0 aliphatic heterocycles. The molecular formula is C9H10O4S. The van der Waals surface area contributed by atoms with Crippen molar-refractivity contribution >= 4 is 23.3 Å². The summed E-state index contributed by atoms with van der Waals surface area (Å²) in [7, 11) is 1.19.